The van der Waals surface area contributed by atoms with Gasteiger partial charge < -0.3 is 20.5 Å². The van der Waals surface area contributed by atoms with E-state index in [2.05, 4.69) is 10.6 Å². The fourth-order valence-electron chi connectivity index (χ4n) is 2.77. The van der Waals surface area contributed by atoms with Gasteiger partial charge in [-0.15, -0.1) is 0 Å². The molecule has 0 saturated heterocycles. The van der Waals surface area contributed by atoms with Crippen molar-refractivity contribution in [2.45, 2.75) is 58.2 Å². The zero-order valence-corrected chi connectivity index (χ0v) is 13.4. The molecule has 3 N–H and O–H groups in total. The van der Waals surface area contributed by atoms with Crippen molar-refractivity contribution < 1.29 is 14.6 Å². The van der Waals surface area contributed by atoms with E-state index in [9.17, 15) is 9.90 Å². The van der Waals surface area contributed by atoms with E-state index < -0.39 is 6.10 Å². The molecule has 1 saturated carbocycles. The number of carbonyl (C=O) groups excluding carboxylic acids is 1. The monoisotopic (exact) mass is 306 g/mol. The molecule has 5 heteroatoms. The summed E-state index contributed by atoms with van der Waals surface area (Å²) in [4.78, 5) is 12.0. The summed E-state index contributed by atoms with van der Waals surface area (Å²) < 4.78 is 5.61. The van der Waals surface area contributed by atoms with Crippen molar-refractivity contribution in [3.8, 4) is 5.75 Å². The summed E-state index contributed by atoms with van der Waals surface area (Å²) in [7, 11) is 0. The van der Waals surface area contributed by atoms with Gasteiger partial charge in [-0.1, -0.05) is 25.0 Å². The van der Waals surface area contributed by atoms with E-state index in [1.54, 1.807) is 0 Å². The molecule has 1 aliphatic carbocycles. The van der Waals surface area contributed by atoms with Crippen LogP contribution in [-0.4, -0.2) is 29.9 Å². The molecule has 0 heterocycles. The molecule has 2 atom stereocenters. The highest BCUT2D eigenvalue weighted by Gasteiger charge is 2.24. The maximum atomic E-state index is 12.0. The van der Waals surface area contributed by atoms with Gasteiger partial charge >= 0.3 is 6.03 Å². The van der Waals surface area contributed by atoms with Crippen LogP contribution in [0.1, 0.15) is 43.7 Å². The molecule has 1 aromatic rings. The zero-order valence-electron chi connectivity index (χ0n) is 13.4. The molecule has 0 spiro atoms. The number of nitrogens with one attached hydrogen (secondary N) is 2. The lowest BCUT2D eigenvalue weighted by atomic mass is 9.93. The average molecular weight is 306 g/mol. The van der Waals surface area contributed by atoms with Gasteiger partial charge in [0.15, 0.2) is 0 Å². The predicted molar refractivity (Wildman–Crippen MR) is 86.0 cm³/mol. The van der Waals surface area contributed by atoms with Gasteiger partial charge in [-0.25, -0.2) is 4.79 Å². The Morgan fingerprint density at radius 1 is 1.36 bits per heavy atom. The minimum Gasteiger partial charge on any atom is -0.494 e. The van der Waals surface area contributed by atoms with Crippen molar-refractivity contribution in [2.75, 3.05) is 6.61 Å². The van der Waals surface area contributed by atoms with Crippen LogP contribution in [0.4, 0.5) is 4.79 Å². The molecule has 5 nitrogen and oxygen atoms in total. The topological polar surface area (TPSA) is 70.6 Å². The first-order valence-corrected chi connectivity index (χ1v) is 8.05. The van der Waals surface area contributed by atoms with Crippen LogP contribution in [0.2, 0.25) is 0 Å². The van der Waals surface area contributed by atoms with Crippen LogP contribution in [0, 0.1) is 6.92 Å². The number of hydrogen-bond donors (Lipinski definition) is 3. The second kappa shape index (κ2) is 8.03. The summed E-state index contributed by atoms with van der Waals surface area (Å²) in [5.41, 5.74) is 2.08. The number of rotatable bonds is 5. The van der Waals surface area contributed by atoms with Crippen molar-refractivity contribution in [2.24, 2.45) is 0 Å². The summed E-state index contributed by atoms with van der Waals surface area (Å²) in [5.74, 6) is 0.806. The van der Waals surface area contributed by atoms with Crippen LogP contribution in [0.15, 0.2) is 18.2 Å². The van der Waals surface area contributed by atoms with E-state index in [0.717, 1.165) is 42.6 Å². The SMILES string of the molecule is CCOc1cc(C)ccc1CNC(=O)NC1CCCCC1O. The van der Waals surface area contributed by atoms with Crippen LogP contribution in [0.5, 0.6) is 5.75 Å². The summed E-state index contributed by atoms with van der Waals surface area (Å²) in [6, 6.07) is 5.56. The molecule has 2 amide bonds. The van der Waals surface area contributed by atoms with Crippen LogP contribution in [0.25, 0.3) is 0 Å². The van der Waals surface area contributed by atoms with Gasteiger partial charge in [-0.3, -0.25) is 0 Å². The Morgan fingerprint density at radius 3 is 2.86 bits per heavy atom. The Labute approximate surface area is 132 Å². The molecule has 2 rings (SSSR count). The van der Waals surface area contributed by atoms with Crippen LogP contribution in [-0.2, 0) is 6.54 Å². The van der Waals surface area contributed by atoms with Crippen LogP contribution in [0.3, 0.4) is 0 Å². The van der Waals surface area contributed by atoms with Gasteiger partial charge in [0, 0.05) is 12.1 Å². The first kappa shape index (κ1) is 16.6. The molecule has 1 fully saturated rings. The van der Waals surface area contributed by atoms with Crippen molar-refractivity contribution in [3.05, 3.63) is 29.3 Å². The molecule has 0 aromatic heterocycles. The largest absolute Gasteiger partial charge is 0.494 e. The highest BCUT2D eigenvalue weighted by atomic mass is 16.5. The number of aliphatic hydroxyl groups excluding tert-OH is 1. The maximum absolute atomic E-state index is 12.0. The summed E-state index contributed by atoms with van der Waals surface area (Å²) >= 11 is 0. The number of ether oxygens (including phenoxy) is 1. The molecule has 2 unspecified atom stereocenters. The van der Waals surface area contributed by atoms with Gasteiger partial charge in [-0.05, 0) is 38.3 Å². The Morgan fingerprint density at radius 2 is 2.14 bits per heavy atom. The lowest BCUT2D eigenvalue weighted by molar-refractivity contribution is 0.0943. The van der Waals surface area contributed by atoms with Gasteiger partial charge in [-0.2, -0.15) is 0 Å². The highest BCUT2D eigenvalue weighted by Crippen LogP contribution is 2.20. The minimum atomic E-state index is -0.433. The zero-order chi connectivity index (χ0) is 15.9. The fourth-order valence-corrected chi connectivity index (χ4v) is 2.77. The summed E-state index contributed by atoms with van der Waals surface area (Å²) in [5, 5.41) is 15.6. The smallest absolute Gasteiger partial charge is 0.315 e. The number of benzene rings is 1. The molecule has 0 aliphatic heterocycles. The van der Waals surface area contributed by atoms with E-state index in [4.69, 9.17) is 4.74 Å². The molecule has 122 valence electrons. The fraction of sp³-hybridized carbons (Fsp3) is 0.588. The summed E-state index contributed by atoms with van der Waals surface area (Å²) in [6.45, 7) is 4.95. The molecule has 0 radical (unpaired) electrons. The number of hydrogen-bond acceptors (Lipinski definition) is 3. The van der Waals surface area contributed by atoms with Crippen molar-refractivity contribution in [1.82, 2.24) is 10.6 Å². The number of urea groups is 1. The molecule has 1 aromatic carbocycles. The van der Waals surface area contributed by atoms with Gasteiger partial charge in [0.05, 0.1) is 18.8 Å². The maximum Gasteiger partial charge on any atom is 0.315 e. The molecule has 22 heavy (non-hydrogen) atoms. The van der Waals surface area contributed by atoms with Gasteiger partial charge in [0.25, 0.3) is 0 Å². The Balaban J connectivity index is 1.88. The quantitative estimate of drug-likeness (QED) is 0.783. The highest BCUT2D eigenvalue weighted by molar-refractivity contribution is 5.74. The second-order valence-electron chi connectivity index (χ2n) is 5.83. The van der Waals surface area contributed by atoms with E-state index in [0.29, 0.717) is 13.2 Å². The van der Waals surface area contributed by atoms with E-state index in [1.807, 2.05) is 32.0 Å². The normalized spacial score (nSPS) is 21.2. The van der Waals surface area contributed by atoms with E-state index in [-0.39, 0.29) is 12.1 Å². The Bertz CT molecular complexity index is 505. The number of carbonyl (C=O) groups is 1. The number of amides is 2. The van der Waals surface area contributed by atoms with Gasteiger partial charge in [0.2, 0.25) is 0 Å². The van der Waals surface area contributed by atoms with Gasteiger partial charge in [0.1, 0.15) is 5.75 Å². The van der Waals surface area contributed by atoms with E-state index in [1.165, 1.54) is 0 Å². The van der Waals surface area contributed by atoms with Crippen molar-refractivity contribution >= 4 is 6.03 Å². The molecule has 0 bridgehead atoms. The lowest BCUT2D eigenvalue weighted by Crippen LogP contribution is -2.48. The first-order valence-electron chi connectivity index (χ1n) is 8.05. The van der Waals surface area contributed by atoms with Crippen LogP contribution < -0.4 is 15.4 Å². The standard InChI is InChI=1S/C17H26N2O3/c1-3-22-16-10-12(2)8-9-13(16)11-18-17(21)19-14-6-4-5-7-15(14)20/h8-10,14-15,20H,3-7,11H2,1-2H3,(H2,18,19,21). The average Bonchev–Trinajstić information content (AvgIpc) is 2.49. The minimum absolute atomic E-state index is 0.141. The Hall–Kier alpha value is -1.75. The number of aliphatic hydroxyl groups is 1. The third-order valence-corrected chi connectivity index (χ3v) is 4.01. The molecular formula is C17H26N2O3. The second-order valence-corrected chi connectivity index (χ2v) is 5.83. The predicted octanol–water partition coefficient (Wildman–Crippen LogP) is 2.50. The number of aryl methyl sites for hydroxylation is 1. The van der Waals surface area contributed by atoms with E-state index >= 15 is 0 Å². The third-order valence-electron chi connectivity index (χ3n) is 4.01. The Kier molecular flexibility index (Phi) is 6.07. The lowest BCUT2D eigenvalue weighted by Gasteiger charge is -2.28. The third kappa shape index (κ3) is 4.63. The van der Waals surface area contributed by atoms with Crippen molar-refractivity contribution in [1.29, 1.82) is 0 Å². The molecule has 1 aliphatic rings. The van der Waals surface area contributed by atoms with Crippen molar-refractivity contribution in [3.63, 3.8) is 0 Å². The molecular weight excluding hydrogens is 280 g/mol. The van der Waals surface area contributed by atoms with Crippen LogP contribution >= 0.6 is 0 Å². The summed E-state index contributed by atoms with van der Waals surface area (Å²) in [6.07, 6.45) is 3.25. The first-order chi connectivity index (χ1) is 10.6.